The summed E-state index contributed by atoms with van der Waals surface area (Å²) in [4.78, 5) is 27.4. The largest absolute Gasteiger partial charge is 0.483 e. The number of carbonyl (C=O) groups is 1. The number of nitro groups is 1. The molecular weight excluding hydrogens is 386 g/mol. The maximum Gasteiger partial charge on any atom is 0.415 e. The van der Waals surface area contributed by atoms with Crippen LogP contribution in [0, 0.1) is 10.1 Å². The second kappa shape index (κ2) is 9.80. The SMILES string of the molecule is C[Si](C)(C)CCOCN(C(=O)O)c1nccc(OC2CCOCC2)c1[N+](=O)[O-]. The van der Waals surface area contributed by atoms with E-state index in [1.807, 2.05) is 0 Å². The van der Waals surface area contributed by atoms with Crippen molar-refractivity contribution in [2.45, 2.75) is 44.6 Å². The minimum Gasteiger partial charge on any atom is -0.483 e. The Morgan fingerprint density at radius 2 is 2.11 bits per heavy atom. The van der Waals surface area contributed by atoms with Gasteiger partial charge in [0.05, 0.1) is 18.1 Å². The van der Waals surface area contributed by atoms with E-state index in [-0.39, 0.29) is 24.4 Å². The smallest absolute Gasteiger partial charge is 0.415 e. The second-order valence-corrected chi connectivity index (χ2v) is 13.3. The van der Waals surface area contributed by atoms with Gasteiger partial charge in [-0.1, -0.05) is 19.6 Å². The number of anilines is 1. The fourth-order valence-electron chi connectivity index (χ4n) is 2.60. The van der Waals surface area contributed by atoms with Gasteiger partial charge in [-0.05, 0) is 6.04 Å². The van der Waals surface area contributed by atoms with Crippen LogP contribution in [0.15, 0.2) is 12.3 Å². The third-order valence-electron chi connectivity index (χ3n) is 4.22. The molecule has 0 aliphatic carbocycles. The van der Waals surface area contributed by atoms with E-state index in [0.717, 1.165) is 10.9 Å². The lowest BCUT2D eigenvalue weighted by atomic mass is 10.1. The van der Waals surface area contributed by atoms with Crippen molar-refractivity contribution in [2.24, 2.45) is 0 Å². The number of amides is 1. The van der Waals surface area contributed by atoms with Crippen LogP contribution < -0.4 is 9.64 Å². The molecule has 1 aliphatic heterocycles. The maximum atomic E-state index is 11.7. The molecule has 1 fully saturated rings. The molecule has 0 radical (unpaired) electrons. The highest BCUT2D eigenvalue weighted by Gasteiger charge is 2.32. The Morgan fingerprint density at radius 3 is 2.68 bits per heavy atom. The minimum absolute atomic E-state index is 0.00440. The lowest BCUT2D eigenvalue weighted by Crippen LogP contribution is -2.34. The summed E-state index contributed by atoms with van der Waals surface area (Å²) in [5.74, 6) is -0.315. The van der Waals surface area contributed by atoms with Crippen molar-refractivity contribution < 1.29 is 29.0 Å². The van der Waals surface area contributed by atoms with E-state index in [0.29, 0.717) is 32.7 Å². The fourth-order valence-corrected chi connectivity index (χ4v) is 3.36. The minimum atomic E-state index is -1.38. The van der Waals surface area contributed by atoms with Crippen LogP contribution in [0.5, 0.6) is 5.75 Å². The number of hydrogen-bond donors (Lipinski definition) is 1. The number of pyridine rings is 1. The van der Waals surface area contributed by atoms with Crippen LogP contribution in [0.4, 0.5) is 16.3 Å². The molecule has 1 saturated heterocycles. The summed E-state index contributed by atoms with van der Waals surface area (Å²) < 4.78 is 16.5. The topological polar surface area (TPSA) is 124 Å². The van der Waals surface area contributed by atoms with Gasteiger partial charge in [-0.25, -0.2) is 14.7 Å². The molecule has 0 aromatic carbocycles. The molecule has 1 N–H and O–H groups in total. The maximum absolute atomic E-state index is 11.7. The molecule has 0 spiro atoms. The molecule has 1 aromatic rings. The zero-order valence-corrected chi connectivity index (χ0v) is 17.4. The van der Waals surface area contributed by atoms with Gasteiger partial charge >= 0.3 is 11.8 Å². The number of ether oxygens (including phenoxy) is 3. The fraction of sp³-hybridized carbons (Fsp3) is 0.647. The molecule has 28 heavy (non-hydrogen) atoms. The molecule has 0 unspecified atom stereocenters. The van der Waals surface area contributed by atoms with Crippen LogP contribution in [-0.4, -0.2) is 61.8 Å². The van der Waals surface area contributed by atoms with E-state index in [9.17, 15) is 20.0 Å². The first kappa shape index (κ1) is 22.1. The molecule has 156 valence electrons. The van der Waals surface area contributed by atoms with Crippen LogP contribution in [0.1, 0.15) is 12.8 Å². The molecule has 11 heteroatoms. The molecule has 2 rings (SSSR count). The van der Waals surface area contributed by atoms with Gasteiger partial charge in [0, 0.05) is 39.8 Å². The first-order chi connectivity index (χ1) is 13.2. The summed E-state index contributed by atoms with van der Waals surface area (Å²) >= 11 is 0. The van der Waals surface area contributed by atoms with Gasteiger partial charge in [0.25, 0.3) is 0 Å². The summed E-state index contributed by atoms with van der Waals surface area (Å²) in [7, 11) is -1.34. The highest BCUT2D eigenvalue weighted by Crippen LogP contribution is 2.36. The van der Waals surface area contributed by atoms with Gasteiger partial charge in [-0.15, -0.1) is 0 Å². The molecule has 1 aromatic heterocycles. The Balaban J connectivity index is 2.21. The van der Waals surface area contributed by atoms with Crippen LogP contribution >= 0.6 is 0 Å². The third-order valence-corrected chi connectivity index (χ3v) is 5.92. The molecule has 1 aliphatic rings. The second-order valence-electron chi connectivity index (χ2n) is 7.73. The molecule has 0 atom stereocenters. The Morgan fingerprint density at radius 1 is 1.43 bits per heavy atom. The summed E-state index contributed by atoms with van der Waals surface area (Å²) in [6.45, 7) is 7.60. The Bertz CT molecular complexity index is 690. The highest BCUT2D eigenvalue weighted by molar-refractivity contribution is 6.76. The van der Waals surface area contributed by atoms with Gasteiger partial charge in [0.1, 0.15) is 12.8 Å². The standard InChI is InChI=1S/C17H27N3O7Si/c1-28(2,3)11-10-26-12-19(17(21)22)16-15(20(23)24)14(4-7-18-16)27-13-5-8-25-9-6-13/h4,7,13H,5-6,8-12H2,1-3H3,(H,21,22). The van der Waals surface area contributed by atoms with E-state index < -0.39 is 24.8 Å². The number of rotatable bonds is 9. The average Bonchev–Trinajstić information content (AvgIpc) is 2.61. The van der Waals surface area contributed by atoms with Crippen LogP contribution in [-0.2, 0) is 9.47 Å². The first-order valence-corrected chi connectivity index (χ1v) is 12.9. The van der Waals surface area contributed by atoms with Crippen molar-refractivity contribution in [3.63, 3.8) is 0 Å². The highest BCUT2D eigenvalue weighted by atomic mass is 28.3. The van der Waals surface area contributed by atoms with Crippen molar-refractivity contribution in [1.82, 2.24) is 4.98 Å². The van der Waals surface area contributed by atoms with E-state index in [2.05, 4.69) is 24.6 Å². The Hall–Kier alpha value is -2.24. The molecule has 1 amide bonds. The van der Waals surface area contributed by atoms with Crippen molar-refractivity contribution in [3.8, 4) is 5.75 Å². The first-order valence-electron chi connectivity index (χ1n) is 9.15. The van der Waals surface area contributed by atoms with Crippen molar-refractivity contribution in [1.29, 1.82) is 0 Å². The molecule has 10 nitrogen and oxygen atoms in total. The van der Waals surface area contributed by atoms with Crippen molar-refractivity contribution in [2.75, 3.05) is 31.5 Å². The zero-order valence-electron chi connectivity index (χ0n) is 16.4. The average molecular weight is 414 g/mol. The van der Waals surface area contributed by atoms with Crippen LogP contribution in [0.2, 0.25) is 25.7 Å². The summed E-state index contributed by atoms with van der Waals surface area (Å²) in [6, 6.07) is 2.23. The number of nitrogens with zero attached hydrogens (tertiary/aromatic N) is 3. The summed E-state index contributed by atoms with van der Waals surface area (Å²) in [5, 5.41) is 21.2. The quantitative estimate of drug-likeness (QED) is 0.215. The molecule has 2 heterocycles. The summed E-state index contributed by atoms with van der Waals surface area (Å²) in [5.41, 5.74) is -0.481. The third kappa shape index (κ3) is 6.43. The monoisotopic (exact) mass is 413 g/mol. The normalized spacial score (nSPS) is 15.2. The van der Waals surface area contributed by atoms with Gasteiger partial charge < -0.3 is 19.3 Å². The molecule has 0 bridgehead atoms. The number of aromatic nitrogens is 1. The molecular formula is C17H27N3O7Si. The van der Waals surface area contributed by atoms with E-state index in [4.69, 9.17) is 14.2 Å². The van der Waals surface area contributed by atoms with Crippen molar-refractivity contribution >= 4 is 25.7 Å². The summed E-state index contributed by atoms with van der Waals surface area (Å²) in [6.07, 6.45) is 0.907. The van der Waals surface area contributed by atoms with Gasteiger partial charge in [0.15, 0.2) is 0 Å². The zero-order chi connectivity index (χ0) is 20.7. The van der Waals surface area contributed by atoms with E-state index in [1.165, 1.54) is 12.3 Å². The van der Waals surface area contributed by atoms with Gasteiger partial charge in [-0.3, -0.25) is 10.1 Å². The predicted molar refractivity (Wildman–Crippen MR) is 105 cm³/mol. The van der Waals surface area contributed by atoms with E-state index >= 15 is 0 Å². The lowest BCUT2D eigenvalue weighted by molar-refractivity contribution is -0.385. The number of hydrogen-bond acceptors (Lipinski definition) is 7. The molecule has 0 saturated carbocycles. The van der Waals surface area contributed by atoms with E-state index in [1.54, 1.807) is 0 Å². The van der Waals surface area contributed by atoms with Crippen LogP contribution in [0.25, 0.3) is 0 Å². The van der Waals surface area contributed by atoms with Crippen LogP contribution in [0.3, 0.4) is 0 Å². The number of carboxylic acid groups (broad SMARTS) is 1. The van der Waals surface area contributed by atoms with Gasteiger partial charge in [0.2, 0.25) is 11.6 Å². The van der Waals surface area contributed by atoms with Crippen molar-refractivity contribution in [3.05, 3.63) is 22.4 Å². The predicted octanol–water partition coefficient (Wildman–Crippen LogP) is 3.34. The Labute approximate surface area is 164 Å². The Kier molecular flexibility index (Phi) is 7.72. The van der Waals surface area contributed by atoms with Gasteiger partial charge in [-0.2, -0.15) is 0 Å². The lowest BCUT2D eigenvalue weighted by Gasteiger charge is -2.24.